The van der Waals surface area contributed by atoms with E-state index in [1.165, 1.54) is 20.4 Å². The number of rotatable bonds is 17. The van der Waals surface area contributed by atoms with Gasteiger partial charge < -0.3 is 44.3 Å². The first-order chi connectivity index (χ1) is 28.6. The molecule has 2 fully saturated rings. The number of fused-ring (bicyclic) bond motifs is 1. The van der Waals surface area contributed by atoms with Crippen LogP contribution in [0.4, 0.5) is 28.8 Å². The van der Waals surface area contributed by atoms with Crippen LogP contribution < -0.4 is 40.9 Å². The van der Waals surface area contributed by atoms with Gasteiger partial charge in [0.2, 0.25) is 17.8 Å². The summed E-state index contributed by atoms with van der Waals surface area (Å²) in [6.07, 6.45) is 5.79. The smallest absolute Gasteiger partial charge is 0.362 e. The molecule has 16 nitrogen and oxygen atoms in total. The van der Waals surface area contributed by atoms with Crippen molar-refractivity contribution in [3.8, 4) is 11.5 Å². The van der Waals surface area contributed by atoms with Gasteiger partial charge >= 0.3 is 7.60 Å². The molecule has 0 radical (unpaired) electrons. The lowest BCUT2D eigenvalue weighted by Gasteiger charge is -2.34. The Bertz CT molecular complexity index is 2230. The molecule has 0 aliphatic carbocycles. The molecule has 4 N–H and O–H groups in total. The molecule has 1 atom stereocenters. The van der Waals surface area contributed by atoms with Crippen molar-refractivity contribution < 1.29 is 37.5 Å². The number of benzene rings is 3. The lowest BCUT2D eigenvalue weighted by Crippen LogP contribution is -2.52. The van der Waals surface area contributed by atoms with E-state index in [1.807, 2.05) is 24.3 Å². The fraction of sp³-hybridized carbons (Fsp3) is 0.390. The highest BCUT2D eigenvalue weighted by molar-refractivity contribution is 7.62. The molecule has 3 aliphatic rings. The maximum Gasteiger partial charge on any atom is 0.362 e. The van der Waals surface area contributed by atoms with Crippen LogP contribution in [0, 0.1) is 0 Å². The minimum atomic E-state index is -3.56. The van der Waals surface area contributed by atoms with Crippen molar-refractivity contribution in [2.45, 2.75) is 57.2 Å². The first-order valence-electron chi connectivity index (χ1n) is 19.5. The molecule has 7 rings (SSSR count). The first-order valence-corrected chi connectivity index (χ1v) is 21.5. The van der Waals surface area contributed by atoms with Gasteiger partial charge in [-0.05, 0) is 75.0 Å². The summed E-state index contributed by atoms with van der Waals surface area (Å²) in [5.41, 5.74) is 3.53. The van der Waals surface area contributed by atoms with Crippen LogP contribution in [0.5, 0.6) is 11.5 Å². The molecule has 1 unspecified atom stereocenters. The summed E-state index contributed by atoms with van der Waals surface area (Å²) < 4.78 is 35.5. The predicted octanol–water partition coefficient (Wildman–Crippen LogP) is 5.92. The number of carbonyl (C=O) groups excluding carboxylic acids is 3. The summed E-state index contributed by atoms with van der Waals surface area (Å²) in [6, 6.07) is 18.1. The zero-order valence-corrected chi connectivity index (χ0v) is 34.8. The SMILES string of the molecule is COc1cc(N2CCC(NCCCCOc3cccc4c3CN(C3CCC(=O)NC3=O)C4=O)CC2)ccc1Nc1ncc(Cl)c(Nc2ccccc2P(=O)(OC)OC)n1. The minimum Gasteiger partial charge on any atom is -0.494 e. The third kappa shape index (κ3) is 9.47. The van der Waals surface area contributed by atoms with Crippen LogP contribution >= 0.6 is 19.2 Å². The molecule has 3 aliphatic heterocycles. The van der Waals surface area contributed by atoms with E-state index in [9.17, 15) is 18.9 Å². The van der Waals surface area contributed by atoms with Crippen LogP contribution in [0.15, 0.2) is 66.9 Å². The predicted molar refractivity (Wildman–Crippen MR) is 225 cm³/mol. The van der Waals surface area contributed by atoms with Crippen LogP contribution in [0.2, 0.25) is 5.02 Å². The quantitative estimate of drug-likeness (QED) is 0.0558. The van der Waals surface area contributed by atoms with Crippen molar-refractivity contribution >= 4 is 71.1 Å². The third-order valence-corrected chi connectivity index (χ3v) is 13.0. The van der Waals surface area contributed by atoms with Crippen LogP contribution in [0.25, 0.3) is 0 Å². The Kier molecular flexibility index (Phi) is 13.3. The van der Waals surface area contributed by atoms with Gasteiger partial charge in [0.15, 0.2) is 5.82 Å². The lowest BCUT2D eigenvalue weighted by molar-refractivity contribution is -0.136. The second-order valence-corrected chi connectivity index (χ2v) is 17.0. The molecule has 18 heteroatoms. The number of carbonyl (C=O) groups is 3. The van der Waals surface area contributed by atoms with E-state index in [2.05, 4.69) is 36.1 Å². The Morgan fingerprint density at radius 2 is 1.71 bits per heavy atom. The van der Waals surface area contributed by atoms with Crippen LogP contribution in [0.1, 0.15) is 54.4 Å². The molecular weight excluding hydrogens is 799 g/mol. The van der Waals surface area contributed by atoms with Gasteiger partial charge in [-0.3, -0.25) is 24.3 Å². The summed E-state index contributed by atoms with van der Waals surface area (Å²) in [7, 11) is 0.710. The maximum absolute atomic E-state index is 13.2. The Balaban J connectivity index is 0.862. The lowest BCUT2D eigenvalue weighted by atomic mass is 10.0. The number of aromatic nitrogens is 2. The molecule has 0 spiro atoms. The zero-order chi connectivity index (χ0) is 41.5. The number of ether oxygens (including phenoxy) is 2. The van der Waals surface area contributed by atoms with E-state index < -0.39 is 19.5 Å². The van der Waals surface area contributed by atoms with Gasteiger partial charge in [-0.1, -0.05) is 29.8 Å². The number of imide groups is 1. The van der Waals surface area contributed by atoms with Crippen molar-refractivity contribution in [1.82, 2.24) is 25.5 Å². The van der Waals surface area contributed by atoms with Crippen LogP contribution in [-0.4, -0.2) is 92.2 Å². The largest absolute Gasteiger partial charge is 0.494 e. The summed E-state index contributed by atoms with van der Waals surface area (Å²) >= 11 is 6.46. The number of nitrogens with zero attached hydrogens (tertiary/aromatic N) is 4. The standard InChI is InChI=1S/C41H48ClN8O8P/c1-55-35-23-27(13-14-31(35)46-41-44-24-30(42)38(48-41)45-32-10-4-5-12-36(32)59(54,56-2)57-3)49-20-17-26(18-21-49)43-19-6-7-22-58-34-11-8-9-28-29(34)25-50(40(28)53)33-15-16-37(51)47-39(33)52/h4-5,8-14,23-24,26,33,43H,6-7,15-22,25H2,1-3H3,(H,47,51,52)(H2,44,45,46,48). The number of halogens is 1. The van der Waals surface area contributed by atoms with Gasteiger partial charge in [-0.15, -0.1) is 0 Å². The van der Waals surface area contributed by atoms with Gasteiger partial charge in [0.25, 0.3) is 5.91 Å². The monoisotopic (exact) mass is 846 g/mol. The molecule has 0 saturated carbocycles. The average molecular weight is 847 g/mol. The molecular formula is C41H48ClN8O8P. The van der Waals surface area contributed by atoms with E-state index in [0.29, 0.717) is 58.6 Å². The topological polar surface area (TPSA) is 186 Å². The highest BCUT2D eigenvalue weighted by Crippen LogP contribution is 2.47. The number of anilines is 5. The van der Waals surface area contributed by atoms with Crippen molar-refractivity contribution in [2.24, 2.45) is 0 Å². The molecule has 3 aromatic carbocycles. The number of hydrogen-bond donors (Lipinski definition) is 4. The Morgan fingerprint density at radius 1 is 0.915 bits per heavy atom. The molecule has 4 aromatic rings. The van der Waals surface area contributed by atoms with E-state index in [0.717, 1.165) is 56.6 Å². The Labute approximate surface area is 347 Å². The molecule has 4 heterocycles. The summed E-state index contributed by atoms with van der Waals surface area (Å²) in [5, 5.41) is 13.0. The number of amides is 3. The minimum absolute atomic E-state index is 0.207. The van der Waals surface area contributed by atoms with E-state index in [4.69, 9.17) is 30.1 Å². The second-order valence-electron chi connectivity index (χ2n) is 14.4. The number of methoxy groups -OCH3 is 1. The number of nitrogens with one attached hydrogen (secondary N) is 4. The number of para-hydroxylation sites is 1. The highest BCUT2D eigenvalue weighted by atomic mass is 35.5. The zero-order valence-electron chi connectivity index (χ0n) is 33.2. The second kappa shape index (κ2) is 18.8. The number of piperidine rings is 2. The van der Waals surface area contributed by atoms with E-state index in [1.54, 1.807) is 48.4 Å². The maximum atomic E-state index is 13.2. The fourth-order valence-electron chi connectivity index (χ4n) is 7.58. The molecule has 0 bridgehead atoms. The van der Waals surface area contributed by atoms with Gasteiger partial charge in [0.1, 0.15) is 22.6 Å². The van der Waals surface area contributed by atoms with Gasteiger partial charge in [-0.2, -0.15) is 4.98 Å². The summed E-state index contributed by atoms with van der Waals surface area (Å²) in [5.74, 6) is 0.929. The van der Waals surface area contributed by atoms with E-state index in [-0.39, 0.29) is 35.8 Å². The summed E-state index contributed by atoms with van der Waals surface area (Å²) in [6.45, 7) is 3.45. The van der Waals surface area contributed by atoms with Gasteiger partial charge in [-0.25, -0.2) is 4.98 Å². The van der Waals surface area contributed by atoms with Crippen molar-refractivity contribution in [3.05, 3.63) is 83.0 Å². The fourth-order valence-corrected chi connectivity index (χ4v) is 8.96. The average Bonchev–Trinajstić information content (AvgIpc) is 3.59. The van der Waals surface area contributed by atoms with E-state index >= 15 is 0 Å². The van der Waals surface area contributed by atoms with Gasteiger partial charge in [0.05, 0.1) is 43.1 Å². The Hall–Kier alpha value is -5.25. The normalized spacial score (nSPS) is 17.2. The van der Waals surface area contributed by atoms with Crippen LogP contribution in [0.3, 0.4) is 0 Å². The third-order valence-electron chi connectivity index (χ3n) is 10.8. The first kappa shape index (κ1) is 41.9. The van der Waals surface area contributed by atoms with Crippen LogP contribution in [-0.2, 0) is 29.7 Å². The summed E-state index contributed by atoms with van der Waals surface area (Å²) in [4.78, 5) is 50.0. The van der Waals surface area contributed by atoms with Crippen molar-refractivity contribution in [2.75, 3.05) is 63.1 Å². The molecule has 2 saturated heterocycles. The molecule has 59 heavy (non-hydrogen) atoms. The Morgan fingerprint density at radius 3 is 2.47 bits per heavy atom. The molecule has 1 aromatic heterocycles. The highest BCUT2D eigenvalue weighted by Gasteiger charge is 2.40. The number of unbranched alkanes of at least 4 members (excludes halogenated alkanes) is 1. The van der Waals surface area contributed by atoms with Crippen molar-refractivity contribution in [3.63, 3.8) is 0 Å². The van der Waals surface area contributed by atoms with Crippen molar-refractivity contribution in [1.29, 1.82) is 0 Å². The number of hydrogen-bond acceptors (Lipinski definition) is 14. The molecule has 312 valence electrons. The van der Waals surface area contributed by atoms with Gasteiger partial charge in [0, 0.05) is 62.7 Å². The molecule has 3 amide bonds.